The summed E-state index contributed by atoms with van der Waals surface area (Å²) in [6.07, 6.45) is 2.87. The Hall–Kier alpha value is -2.04. The fraction of sp³-hybridized carbons (Fsp3) is 0.400. The summed E-state index contributed by atoms with van der Waals surface area (Å²) in [7, 11) is 1.48. The minimum Gasteiger partial charge on any atom is -0.504 e. The van der Waals surface area contributed by atoms with Crippen LogP contribution in [0.25, 0.3) is 6.08 Å². The molecule has 0 N–H and O–H groups in total. The number of hydrogen-bond acceptors (Lipinski definition) is 4. The van der Waals surface area contributed by atoms with Gasteiger partial charge in [0, 0.05) is 11.6 Å². The standard InChI is InChI=1S/C15H19FO4/c1-5-19-14(17)15(2,3)20-12-7-6-11(8-9-18-4)13(16)10-12/h6-10H,5H2,1-4H3. The van der Waals surface area contributed by atoms with Gasteiger partial charge in [0.2, 0.25) is 0 Å². The maximum Gasteiger partial charge on any atom is 0.349 e. The van der Waals surface area contributed by atoms with Crippen molar-refractivity contribution < 1.29 is 23.4 Å². The van der Waals surface area contributed by atoms with Crippen molar-refractivity contribution in [1.29, 1.82) is 0 Å². The predicted octanol–water partition coefficient (Wildman–Crippen LogP) is 3.16. The second-order valence-electron chi connectivity index (χ2n) is 4.55. The molecule has 0 spiro atoms. The van der Waals surface area contributed by atoms with Crippen molar-refractivity contribution in [3.05, 3.63) is 35.8 Å². The third-order valence-electron chi connectivity index (χ3n) is 2.50. The molecule has 0 saturated heterocycles. The second-order valence-corrected chi connectivity index (χ2v) is 4.55. The Labute approximate surface area is 118 Å². The smallest absolute Gasteiger partial charge is 0.349 e. The zero-order valence-corrected chi connectivity index (χ0v) is 12.1. The van der Waals surface area contributed by atoms with Gasteiger partial charge in [0.25, 0.3) is 0 Å². The summed E-state index contributed by atoms with van der Waals surface area (Å²) < 4.78 is 28.9. The molecule has 0 unspecified atom stereocenters. The highest BCUT2D eigenvalue weighted by Crippen LogP contribution is 2.23. The normalized spacial score (nSPS) is 11.4. The van der Waals surface area contributed by atoms with Crippen molar-refractivity contribution >= 4 is 12.0 Å². The molecule has 0 atom stereocenters. The molecule has 0 aliphatic carbocycles. The Bertz CT molecular complexity index is 495. The molecule has 0 amide bonds. The van der Waals surface area contributed by atoms with Crippen LogP contribution in [0.4, 0.5) is 4.39 Å². The van der Waals surface area contributed by atoms with Crippen molar-refractivity contribution in [3.8, 4) is 5.75 Å². The number of rotatable bonds is 6. The zero-order chi connectivity index (χ0) is 15.2. The first-order chi connectivity index (χ1) is 9.40. The summed E-state index contributed by atoms with van der Waals surface area (Å²) in [6, 6.07) is 4.34. The molecule has 0 heterocycles. The van der Waals surface area contributed by atoms with Crippen LogP contribution in [0.3, 0.4) is 0 Å². The van der Waals surface area contributed by atoms with Crippen LogP contribution in [-0.2, 0) is 14.3 Å². The Morgan fingerprint density at radius 1 is 1.40 bits per heavy atom. The Morgan fingerprint density at radius 2 is 2.10 bits per heavy atom. The Morgan fingerprint density at radius 3 is 2.65 bits per heavy atom. The van der Waals surface area contributed by atoms with Gasteiger partial charge in [-0.2, -0.15) is 0 Å². The van der Waals surface area contributed by atoms with E-state index < -0.39 is 17.4 Å². The number of carbonyl (C=O) groups is 1. The minimum absolute atomic E-state index is 0.259. The minimum atomic E-state index is -1.17. The molecule has 1 rings (SSSR count). The Balaban J connectivity index is 2.86. The summed E-state index contributed by atoms with van der Waals surface area (Å²) in [5.74, 6) is -0.700. The van der Waals surface area contributed by atoms with Gasteiger partial charge in [-0.25, -0.2) is 9.18 Å². The van der Waals surface area contributed by atoms with Gasteiger partial charge < -0.3 is 14.2 Å². The molecule has 0 bridgehead atoms. The molecule has 1 aromatic rings. The first kappa shape index (κ1) is 16.0. The quantitative estimate of drug-likeness (QED) is 0.594. The van der Waals surface area contributed by atoms with Gasteiger partial charge in [-0.05, 0) is 39.0 Å². The third kappa shape index (κ3) is 4.26. The largest absolute Gasteiger partial charge is 0.504 e. The molecule has 0 aliphatic heterocycles. The summed E-state index contributed by atoms with van der Waals surface area (Å²) in [6.45, 7) is 5.12. The Kier molecular flexibility index (Phi) is 5.55. The first-order valence-electron chi connectivity index (χ1n) is 6.26. The van der Waals surface area contributed by atoms with Gasteiger partial charge >= 0.3 is 5.97 Å². The molecular weight excluding hydrogens is 263 g/mol. The van der Waals surface area contributed by atoms with Crippen LogP contribution in [0.5, 0.6) is 5.75 Å². The molecule has 1 aromatic carbocycles. The van der Waals surface area contributed by atoms with Crippen LogP contribution < -0.4 is 4.74 Å². The van der Waals surface area contributed by atoms with Crippen molar-refractivity contribution in [2.24, 2.45) is 0 Å². The van der Waals surface area contributed by atoms with E-state index in [4.69, 9.17) is 14.2 Å². The molecule has 0 aliphatic rings. The van der Waals surface area contributed by atoms with E-state index >= 15 is 0 Å². The van der Waals surface area contributed by atoms with Crippen LogP contribution in [0, 0.1) is 5.82 Å². The lowest BCUT2D eigenvalue weighted by atomic mass is 10.1. The number of ether oxygens (including phenoxy) is 3. The van der Waals surface area contributed by atoms with Gasteiger partial charge in [-0.15, -0.1) is 0 Å². The molecule has 0 fully saturated rings. The monoisotopic (exact) mass is 282 g/mol. The van der Waals surface area contributed by atoms with Crippen LogP contribution >= 0.6 is 0 Å². The molecular formula is C15H19FO4. The van der Waals surface area contributed by atoms with Crippen LogP contribution in [0.2, 0.25) is 0 Å². The number of carbonyl (C=O) groups excluding carboxylic acids is 1. The summed E-state index contributed by atoms with van der Waals surface area (Å²) in [5, 5.41) is 0. The first-order valence-corrected chi connectivity index (χ1v) is 6.26. The van der Waals surface area contributed by atoms with E-state index in [9.17, 15) is 9.18 Å². The topological polar surface area (TPSA) is 44.8 Å². The van der Waals surface area contributed by atoms with Crippen molar-refractivity contribution in [3.63, 3.8) is 0 Å². The maximum atomic E-state index is 13.8. The molecule has 110 valence electrons. The molecule has 0 radical (unpaired) electrons. The van der Waals surface area contributed by atoms with Gasteiger partial charge in [0.05, 0.1) is 20.0 Å². The number of halogens is 1. The molecule has 0 saturated carbocycles. The highest BCUT2D eigenvalue weighted by Gasteiger charge is 2.31. The van der Waals surface area contributed by atoms with Gasteiger partial charge in [0.15, 0.2) is 5.60 Å². The van der Waals surface area contributed by atoms with E-state index in [1.54, 1.807) is 32.9 Å². The molecule has 0 aromatic heterocycles. The number of methoxy groups -OCH3 is 1. The van der Waals surface area contributed by atoms with Crippen molar-refractivity contribution in [2.75, 3.05) is 13.7 Å². The SMILES string of the molecule is CCOC(=O)C(C)(C)Oc1ccc(C=COC)c(F)c1. The van der Waals surface area contributed by atoms with Crippen molar-refractivity contribution in [1.82, 2.24) is 0 Å². The average Bonchev–Trinajstić information content (AvgIpc) is 2.37. The van der Waals surface area contributed by atoms with E-state index in [-0.39, 0.29) is 12.4 Å². The fourth-order valence-electron chi connectivity index (χ4n) is 1.49. The predicted molar refractivity (Wildman–Crippen MR) is 73.8 cm³/mol. The number of benzene rings is 1. The van der Waals surface area contributed by atoms with Crippen LogP contribution in [0.15, 0.2) is 24.5 Å². The summed E-state index contributed by atoms with van der Waals surface area (Å²) in [4.78, 5) is 11.7. The number of hydrogen-bond donors (Lipinski definition) is 0. The van der Waals surface area contributed by atoms with E-state index in [0.29, 0.717) is 5.56 Å². The van der Waals surface area contributed by atoms with Crippen molar-refractivity contribution in [2.45, 2.75) is 26.4 Å². The van der Waals surface area contributed by atoms with E-state index in [1.807, 2.05) is 0 Å². The van der Waals surface area contributed by atoms with E-state index in [2.05, 4.69) is 0 Å². The van der Waals surface area contributed by atoms with Gasteiger partial charge in [-0.1, -0.05) is 0 Å². The average molecular weight is 282 g/mol. The van der Waals surface area contributed by atoms with Gasteiger partial charge in [-0.3, -0.25) is 0 Å². The highest BCUT2D eigenvalue weighted by atomic mass is 19.1. The fourth-order valence-corrected chi connectivity index (χ4v) is 1.49. The summed E-state index contributed by atoms with van der Waals surface area (Å²) >= 11 is 0. The van der Waals surface area contributed by atoms with E-state index in [0.717, 1.165) is 0 Å². The molecule has 5 heteroatoms. The lowest BCUT2D eigenvalue weighted by Crippen LogP contribution is -2.39. The zero-order valence-electron chi connectivity index (χ0n) is 12.1. The van der Waals surface area contributed by atoms with Crippen LogP contribution in [-0.4, -0.2) is 25.3 Å². The maximum absolute atomic E-state index is 13.8. The highest BCUT2D eigenvalue weighted by molar-refractivity contribution is 5.79. The lowest BCUT2D eigenvalue weighted by molar-refractivity contribution is -0.158. The van der Waals surface area contributed by atoms with Gasteiger partial charge in [0.1, 0.15) is 11.6 Å². The van der Waals surface area contributed by atoms with E-state index in [1.165, 1.54) is 25.5 Å². The van der Waals surface area contributed by atoms with Crippen LogP contribution in [0.1, 0.15) is 26.3 Å². The second kappa shape index (κ2) is 6.93. The molecule has 20 heavy (non-hydrogen) atoms. The lowest BCUT2D eigenvalue weighted by Gasteiger charge is -2.24. The molecule has 4 nitrogen and oxygen atoms in total. The number of esters is 1. The summed E-state index contributed by atoms with van der Waals surface area (Å²) in [5.41, 5.74) is -0.806. The third-order valence-corrected chi connectivity index (χ3v) is 2.50.